The molecule has 1 atom stereocenters. The number of carbonyl (C=O) groups is 2. The summed E-state index contributed by atoms with van der Waals surface area (Å²) in [5, 5.41) is 0. The van der Waals surface area contributed by atoms with E-state index in [0.29, 0.717) is 11.5 Å². The summed E-state index contributed by atoms with van der Waals surface area (Å²) >= 11 is 0. The molecule has 0 saturated carbocycles. The van der Waals surface area contributed by atoms with Crippen LogP contribution in [-0.4, -0.2) is 11.9 Å². The molecule has 0 amide bonds. The molecular formula is C22H34O4. The largest absolute Gasteiger partial charge is 0.423 e. The van der Waals surface area contributed by atoms with E-state index in [9.17, 15) is 9.59 Å². The Bertz CT molecular complexity index is 539. The fourth-order valence-corrected chi connectivity index (χ4v) is 2.90. The van der Waals surface area contributed by atoms with E-state index in [2.05, 4.69) is 13.8 Å². The van der Waals surface area contributed by atoms with Gasteiger partial charge in [0.25, 0.3) is 0 Å². The molecular weight excluding hydrogens is 328 g/mol. The molecule has 146 valence electrons. The third-order valence-electron chi connectivity index (χ3n) is 4.45. The molecule has 1 aromatic carbocycles. The van der Waals surface area contributed by atoms with Crippen molar-refractivity contribution < 1.29 is 19.1 Å². The van der Waals surface area contributed by atoms with Gasteiger partial charge in [0.2, 0.25) is 0 Å². The van der Waals surface area contributed by atoms with Crippen LogP contribution in [0.2, 0.25) is 0 Å². The van der Waals surface area contributed by atoms with E-state index in [1.165, 1.54) is 25.7 Å². The van der Waals surface area contributed by atoms with Crippen LogP contribution in [0.15, 0.2) is 24.3 Å². The van der Waals surface area contributed by atoms with Crippen molar-refractivity contribution in [2.24, 2.45) is 5.92 Å². The van der Waals surface area contributed by atoms with Crippen molar-refractivity contribution in [3.05, 3.63) is 24.3 Å². The predicted molar refractivity (Wildman–Crippen MR) is 104 cm³/mol. The number of esters is 2. The fraction of sp³-hybridized carbons (Fsp3) is 0.636. The molecule has 0 spiro atoms. The summed E-state index contributed by atoms with van der Waals surface area (Å²) in [6.45, 7) is 6.02. The molecule has 0 aliphatic heterocycles. The second kappa shape index (κ2) is 13.4. The summed E-state index contributed by atoms with van der Waals surface area (Å²) in [6.07, 6.45) is 10.2. The van der Waals surface area contributed by atoms with Crippen LogP contribution in [0.5, 0.6) is 11.5 Å². The molecule has 0 aliphatic rings. The molecule has 0 heterocycles. The maximum atomic E-state index is 12.6. The zero-order chi connectivity index (χ0) is 19.2. The molecule has 4 heteroatoms. The van der Waals surface area contributed by atoms with E-state index >= 15 is 0 Å². The number of ether oxygens (including phenoxy) is 2. The van der Waals surface area contributed by atoms with Crippen LogP contribution in [0, 0.1) is 5.92 Å². The number of hydrogen-bond acceptors (Lipinski definition) is 4. The maximum absolute atomic E-state index is 12.6. The molecule has 0 fully saturated rings. The molecule has 0 N–H and O–H groups in total. The van der Waals surface area contributed by atoms with E-state index in [0.717, 1.165) is 32.1 Å². The van der Waals surface area contributed by atoms with Gasteiger partial charge in [0, 0.05) is 6.42 Å². The third-order valence-corrected chi connectivity index (χ3v) is 4.45. The van der Waals surface area contributed by atoms with Crippen molar-refractivity contribution in [1.29, 1.82) is 0 Å². The topological polar surface area (TPSA) is 52.6 Å². The van der Waals surface area contributed by atoms with Gasteiger partial charge in [-0.15, -0.1) is 0 Å². The van der Waals surface area contributed by atoms with Gasteiger partial charge in [-0.05, 0) is 25.0 Å². The third kappa shape index (κ3) is 8.50. The lowest BCUT2D eigenvalue weighted by Gasteiger charge is -2.16. The fourth-order valence-electron chi connectivity index (χ4n) is 2.90. The molecule has 4 nitrogen and oxygen atoms in total. The molecule has 26 heavy (non-hydrogen) atoms. The first-order valence-electron chi connectivity index (χ1n) is 10.1. The number of para-hydroxylation sites is 2. The highest BCUT2D eigenvalue weighted by Crippen LogP contribution is 2.29. The normalized spacial score (nSPS) is 11.8. The van der Waals surface area contributed by atoms with Gasteiger partial charge in [-0.1, -0.05) is 77.8 Å². The molecule has 0 radical (unpaired) electrons. The summed E-state index contributed by atoms with van der Waals surface area (Å²) in [4.78, 5) is 24.2. The number of hydrogen-bond donors (Lipinski definition) is 0. The van der Waals surface area contributed by atoms with E-state index in [1.54, 1.807) is 31.2 Å². The molecule has 0 saturated heterocycles. The first-order valence-corrected chi connectivity index (χ1v) is 10.1. The van der Waals surface area contributed by atoms with Crippen LogP contribution < -0.4 is 9.47 Å². The first-order chi connectivity index (χ1) is 12.6. The lowest BCUT2D eigenvalue weighted by Crippen LogP contribution is -2.21. The minimum Gasteiger partial charge on any atom is -0.423 e. The molecule has 1 aromatic rings. The molecule has 1 rings (SSSR count). The number of rotatable bonds is 13. The van der Waals surface area contributed by atoms with Crippen molar-refractivity contribution in [3.63, 3.8) is 0 Å². The Labute approximate surface area is 158 Å². The van der Waals surface area contributed by atoms with Crippen molar-refractivity contribution >= 4 is 11.9 Å². The lowest BCUT2D eigenvalue weighted by molar-refractivity contribution is -0.140. The van der Waals surface area contributed by atoms with Crippen LogP contribution in [-0.2, 0) is 9.59 Å². The van der Waals surface area contributed by atoms with Crippen LogP contribution in [0.25, 0.3) is 0 Å². The number of carbonyl (C=O) groups excluding carboxylic acids is 2. The molecule has 0 aromatic heterocycles. The van der Waals surface area contributed by atoms with E-state index in [1.807, 2.05) is 0 Å². The van der Waals surface area contributed by atoms with Gasteiger partial charge >= 0.3 is 11.9 Å². The van der Waals surface area contributed by atoms with Crippen LogP contribution in [0.3, 0.4) is 0 Å². The minimum atomic E-state index is -0.342. The Morgan fingerprint density at radius 2 is 1.42 bits per heavy atom. The van der Waals surface area contributed by atoms with E-state index in [-0.39, 0.29) is 24.3 Å². The second-order valence-electron chi connectivity index (χ2n) is 6.74. The highest BCUT2D eigenvalue weighted by Gasteiger charge is 2.21. The van der Waals surface area contributed by atoms with Crippen molar-refractivity contribution in [3.8, 4) is 11.5 Å². The summed E-state index contributed by atoms with van der Waals surface area (Å²) in [7, 11) is 0. The highest BCUT2D eigenvalue weighted by atomic mass is 16.6. The van der Waals surface area contributed by atoms with Gasteiger partial charge in [0.15, 0.2) is 11.5 Å². The maximum Gasteiger partial charge on any atom is 0.314 e. The van der Waals surface area contributed by atoms with E-state index in [4.69, 9.17) is 9.47 Å². The second-order valence-corrected chi connectivity index (χ2v) is 6.74. The van der Waals surface area contributed by atoms with Crippen LogP contribution in [0.1, 0.15) is 85.0 Å². The monoisotopic (exact) mass is 362 g/mol. The van der Waals surface area contributed by atoms with Gasteiger partial charge in [-0.3, -0.25) is 9.59 Å². The average Bonchev–Trinajstić information content (AvgIpc) is 2.65. The summed E-state index contributed by atoms with van der Waals surface area (Å²) in [6, 6.07) is 6.85. The number of benzene rings is 1. The zero-order valence-corrected chi connectivity index (χ0v) is 16.6. The Morgan fingerprint density at radius 3 is 2.04 bits per heavy atom. The Kier molecular flexibility index (Phi) is 11.4. The van der Waals surface area contributed by atoms with Crippen molar-refractivity contribution in [1.82, 2.24) is 0 Å². The van der Waals surface area contributed by atoms with Gasteiger partial charge in [-0.25, -0.2) is 0 Å². The smallest absolute Gasteiger partial charge is 0.314 e. The van der Waals surface area contributed by atoms with E-state index < -0.39 is 0 Å². The SMILES string of the molecule is CCCCCCCCC(CCC)C(=O)Oc1ccccc1OC(=O)CC. The quantitative estimate of drug-likeness (QED) is 0.243. The van der Waals surface area contributed by atoms with Gasteiger partial charge in [-0.2, -0.15) is 0 Å². The Balaban J connectivity index is 2.59. The lowest BCUT2D eigenvalue weighted by atomic mass is 9.96. The summed E-state index contributed by atoms with van der Waals surface area (Å²) < 4.78 is 10.8. The minimum absolute atomic E-state index is 0.0962. The van der Waals surface area contributed by atoms with Crippen LogP contribution >= 0.6 is 0 Å². The Morgan fingerprint density at radius 1 is 0.808 bits per heavy atom. The predicted octanol–water partition coefficient (Wildman–Crippen LogP) is 6.07. The standard InChI is InChI=1S/C22H34O4/c1-4-7-8-9-10-11-15-18(14-5-2)22(24)26-20-17-13-12-16-19(20)25-21(23)6-3/h12-13,16-18H,4-11,14-15H2,1-3H3. The molecule has 0 aliphatic carbocycles. The molecule has 1 unspecified atom stereocenters. The van der Waals surface area contributed by atoms with Crippen molar-refractivity contribution in [2.45, 2.75) is 85.0 Å². The van der Waals surface area contributed by atoms with Gasteiger partial charge < -0.3 is 9.47 Å². The number of unbranched alkanes of at least 4 members (excludes halogenated alkanes) is 5. The van der Waals surface area contributed by atoms with Gasteiger partial charge in [0.1, 0.15) is 0 Å². The zero-order valence-electron chi connectivity index (χ0n) is 16.6. The highest BCUT2D eigenvalue weighted by molar-refractivity contribution is 5.77. The van der Waals surface area contributed by atoms with Crippen LogP contribution in [0.4, 0.5) is 0 Å². The molecule has 0 bridgehead atoms. The summed E-state index contributed by atoms with van der Waals surface area (Å²) in [5.74, 6) is -0.0296. The van der Waals surface area contributed by atoms with Gasteiger partial charge in [0.05, 0.1) is 5.92 Å². The average molecular weight is 363 g/mol. The Hall–Kier alpha value is -1.84. The summed E-state index contributed by atoms with van der Waals surface area (Å²) in [5.41, 5.74) is 0. The first kappa shape index (κ1) is 22.2. The van der Waals surface area contributed by atoms with Crippen molar-refractivity contribution in [2.75, 3.05) is 0 Å².